The Morgan fingerprint density at radius 1 is 1.11 bits per heavy atom. The van der Waals surface area contributed by atoms with Crippen molar-refractivity contribution in [3.05, 3.63) is 53.7 Å². The van der Waals surface area contributed by atoms with Crippen molar-refractivity contribution in [2.45, 2.75) is 44.6 Å². The van der Waals surface area contributed by atoms with Gasteiger partial charge in [-0.1, -0.05) is 12.1 Å². The van der Waals surface area contributed by atoms with Crippen LogP contribution >= 0.6 is 0 Å². The van der Waals surface area contributed by atoms with Crippen molar-refractivity contribution >= 4 is 11.9 Å². The van der Waals surface area contributed by atoms with Crippen LogP contribution in [0.25, 0.3) is 0 Å². The van der Waals surface area contributed by atoms with Crippen molar-refractivity contribution < 1.29 is 27.1 Å². The highest BCUT2D eigenvalue weighted by Gasteiger charge is 2.53. The zero-order valence-electron chi connectivity index (χ0n) is 19.3. The first-order valence-electron chi connectivity index (χ1n) is 11.7. The summed E-state index contributed by atoms with van der Waals surface area (Å²) in [5.41, 5.74) is 0.259. The minimum Gasteiger partial charge on any atom is -0.446 e. The maximum absolute atomic E-state index is 13.1. The largest absolute Gasteiger partial charge is 0.446 e. The summed E-state index contributed by atoms with van der Waals surface area (Å²) < 4.78 is 56.9. The van der Waals surface area contributed by atoms with Crippen LogP contribution in [-0.4, -0.2) is 70.7 Å². The van der Waals surface area contributed by atoms with Crippen LogP contribution in [0.5, 0.6) is 0 Å². The lowest BCUT2D eigenvalue weighted by Crippen LogP contribution is -2.64. The number of hydrogen-bond acceptors (Lipinski definition) is 6. The maximum atomic E-state index is 13.1. The summed E-state index contributed by atoms with van der Waals surface area (Å²) in [5, 5.41) is 0. The molecule has 1 atom stereocenters. The number of aromatic nitrogens is 2. The molecule has 2 aromatic rings. The number of hydrogen-bond donors (Lipinski definition) is 0. The predicted molar refractivity (Wildman–Crippen MR) is 119 cm³/mol. The second-order valence-electron chi connectivity index (χ2n) is 9.93. The van der Waals surface area contributed by atoms with E-state index in [1.165, 1.54) is 12.1 Å². The van der Waals surface area contributed by atoms with Crippen LogP contribution in [-0.2, 0) is 17.5 Å². The average molecular weight is 494 g/mol. The molecule has 1 spiro atoms. The highest BCUT2D eigenvalue weighted by atomic mass is 19.4. The average Bonchev–Trinajstić information content (AvgIpc) is 2.77. The van der Waals surface area contributed by atoms with Gasteiger partial charge < -0.3 is 14.5 Å². The molecule has 0 bridgehead atoms. The molecule has 0 radical (unpaired) electrons. The van der Waals surface area contributed by atoms with Gasteiger partial charge in [-0.25, -0.2) is 19.2 Å². The molecule has 188 valence electrons. The normalized spacial score (nSPS) is 22.6. The second-order valence-corrected chi connectivity index (χ2v) is 9.93. The summed E-state index contributed by atoms with van der Waals surface area (Å²) in [5.74, 6) is 0.121. The van der Waals surface area contributed by atoms with Gasteiger partial charge in [0, 0.05) is 50.7 Å². The monoisotopic (exact) mass is 493 g/mol. The molecule has 11 heteroatoms. The van der Waals surface area contributed by atoms with Gasteiger partial charge in [0.1, 0.15) is 17.7 Å². The molecule has 2 aliphatic heterocycles. The standard InChI is InChI=1S/C24H27F4N5O2/c1-16-12-32(21-11-29-20(10-30-21)24(26,27)28)6-7-33(16)22(34)35-19-8-23(9-19)14-31(15-23)13-17-2-4-18(25)5-3-17/h2-5,10-11,16,19H,6-9,12-15H2,1H3/t16-/m1/s1. The fraction of sp³-hybridized carbons (Fsp3) is 0.542. The number of piperazine rings is 1. The van der Waals surface area contributed by atoms with Crippen molar-refractivity contribution in [1.29, 1.82) is 0 Å². The molecule has 1 aliphatic carbocycles. The van der Waals surface area contributed by atoms with E-state index in [-0.39, 0.29) is 29.5 Å². The summed E-state index contributed by atoms with van der Waals surface area (Å²) in [6.07, 6.45) is -1.44. The lowest BCUT2D eigenvalue weighted by molar-refractivity contribution is -0.141. The smallest absolute Gasteiger partial charge is 0.434 e. The molecule has 7 nitrogen and oxygen atoms in total. The van der Waals surface area contributed by atoms with Crippen LogP contribution in [0.4, 0.5) is 28.2 Å². The Bertz CT molecular complexity index is 1050. The Morgan fingerprint density at radius 3 is 2.43 bits per heavy atom. The summed E-state index contributed by atoms with van der Waals surface area (Å²) in [6.45, 7) is 5.83. The molecular formula is C24H27F4N5O2. The molecule has 35 heavy (non-hydrogen) atoms. The Balaban J connectivity index is 1.05. The van der Waals surface area contributed by atoms with E-state index >= 15 is 0 Å². The Labute approximate surface area is 200 Å². The van der Waals surface area contributed by atoms with Gasteiger partial charge in [-0.15, -0.1) is 0 Å². The number of halogens is 4. The summed E-state index contributed by atoms with van der Waals surface area (Å²) in [6, 6.07) is 6.38. The fourth-order valence-corrected chi connectivity index (χ4v) is 5.39. The first kappa shape index (κ1) is 23.8. The minimum absolute atomic E-state index is 0.0959. The van der Waals surface area contributed by atoms with E-state index in [2.05, 4.69) is 14.9 Å². The summed E-state index contributed by atoms with van der Waals surface area (Å²) in [4.78, 5) is 25.9. The van der Waals surface area contributed by atoms with Crippen molar-refractivity contribution in [3.8, 4) is 0 Å². The minimum atomic E-state index is -4.53. The first-order chi connectivity index (χ1) is 16.6. The van der Waals surface area contributed by atoms with Crippen molar-refractivity contribution in [2.24, 2.45) is 5.41 Å². The van der Waals surface area contributed by atoms with Crippen molar-refractivity contribution in [2.75, 3.05) is 37.6 Å². The Kier molecular flexibility index (Phi) is 6.06. The van der Waals surface area contributed by atoms with E-state index in [0.29, 0.717) is 25.5 Å². The van der Waals surface area contributed by atoms with Crippen molar-refractivity contribution in [1.82, 2.24) is 19.8 Å². The fourth-order valence-electron chi connectivity index (χ4n) is 5.39. The highest BCUT2D eigenvalue weighted by Crippen LogP contribution is 2.50. The Hall–Kier alpha value is -2.95. The molecule has 5 rings (SSSR count). The third-order valence-electron chi connectivity index (χ3n) is 7.14. The summed E-state index contributed by atoms with van der Waals surface area (Å²) in [7, 11) is 0. The third-order valence-corrected chi connectivity index (χ3v) is 7.14. The number of anilines is 1. The zero-order valence-corrected chi connectivity index (χ0v) is 19.3. The van der Waals surface area contributed by atoms with E-state index in [0.717, 1.165) is 50.4 Å². The van der Waals surface area contributed by atoms with Crippen LogP contribution < -0.4 is 4.90 Å². The first-order valence-corrected chi connectivity index (χ1v) is 11.7. The predicted octanol–water partition coefficient (Wildman–Crippen LogP) is 3.95. The van der Waals surface area contributed by atoms with Crippen LogP contribution in [0.15, 0.2) is 36.7 Å². The molecule has 3 fully saturated rings. The number of likely N-dealkylation sites (tertiary alicyclic amines) is 1. The van der Waals surface area contributed by atoms with Crippen LogP contribution in [0.1, 0.15) is 31.0 Å². The van der Waals surface area contributed by atoms with Gasteiger partial charge in [0.25, 0.3) is 0 Å². The van der Waals surface area contributed by atoms with Gasteiger partial charge in [0.2, 0.25) is 0 Å². The summed E-state index contributed by atoms with van der Waals surface area (Å²) >= 11 is 0. The highest BCUT2D eigenvalue weighted by molar-refractivity contribution is 5.69. The lowest BCUT2D eigenvalue weighted by Gasteiger charge is -2.58. The van der Waals surface area contributed by atoms with E-state index in [4.69, 9.17) is 4.74 Å². The number of carbonyl (C=O) groups is 1. The second kappa shape index (κ2) is 8.92. The third kappa shape index (κ3) is 5.05. The molecule has 0 N–H and O–H groups in total. The number of rotatable bonds is 4. The van der Waals surface area contributed by atoms with E-state index in [9.17, 15) is 22.4 Å². The molecular weight excluding hydrogens is 466 g/mol. The number of alkyl halides is 3. The maximum Gasteiger partial charge on any atom is 0.434 e. The number of benzene rings is 1. The number of nitrogens with zero attached hydrogens (tertiary/aromatic N) is 5. The van der Waals surface area contributed by atoms with Gasteiger partial charge >= 0.3 is 12.3 Å². The number of amides is 1. The van der Waals surface area contributed by atoms with Gasteiger partial charge in [-0.3, -0.25) is 4.90 Å². The lowest BCUT2D eigenvalue weighted by atomic mass is 9.61. The molecule has 1 amide bonds. The van der Waals surface area contributed by atoms with Crippen LogP contribution in [0.3, 0.4) is 0 Å². The van der Waals surface area contributed by atoms with Crippen molar-refractivity contribution in [3.63, 3.8) is 0 Å². The number of carbonyl (C=O) groups excluding carboxylic acids is 1. The van der Waals surface area contributed by atoms with Gasteiger partial charge in [0.05, 0.1) is 12.4 Å². The zero-order chi connectivity index (χ0) is 24.8. The molecule has 1 aromatic heterocycles. The molecule has 1 saturated carbocycles. The van der Waals surface area contributed by atoms with E-state index < -0.39 is 11.9 Å². The molecule has 1 aromatic carbocycles. The Morgan fingerprint density at radius 2 is 1.83 bits per heavy atom. The van der Waals surface area contributed by atoms with Gasteiger partial charge in [-0.05, 0) is 37.5 Å². The molecule has 0 unspecified atom stereocenters. The quantitative estimate of drug-likeness (QED) is 0.602. The SMILES string of the molecule is C[C@@H]1CN(c2cnc(C(F)(F)F)cn2)CCN1C(=O)OC1CC2(C1)CN(Cc1ccc(F)cc1)C2. The van der Waals surface area contributed by atoms with Gasteiger partial charge in [0.15, 0.2) is 5.69 Å². The van der Waals surface area contributed by atoms with E-state index in [1.54, 1.807) is 17.0 Å². The van der Waals surface area contributed by atoms with E-state index in [1.807, 2.05) is 11.8 Å². The molecule has 3 aliphatic rings. The number of ether oxygens (including phenoxy) is 1. The topological polar surface area (TPSA) is 61.8 Å². The van der Waals surface area contributed by atoms with Crippen LogP contribution in [0, 0.1) is 11.2 Å². The van der Waals surface area contributed by atoms with Crippen LogP contribution in [0.2, 0.25) is 0 Å². The molecule has 3 heterocycles. The molecule has 2 saturated heterocycles. The van der Waals surface area contributed by atoms with Gasteiger partial charge in [-0.2, -0.15) is 13.2 Å².